The predicted molar refractivity (Wildman–Crippen MR) is 299 cm³/mol. The summed E-state index contributed by atoms with van der Waals surface area (Å²) in [7, 11) is 0. The van der Waals surface area contributed by atoms with Gasteiger partial charge in [-0.15, -0.1) is 0 Å². The first-order chi connectivity index (χ1) is 38.8. The number of amides is 2. The SMILES string of the molecule is O=C1COc2ccc3ccccc3c2-c2c(ccc3ccccc23)OCc2ccc(cc2)C(C(F)(F)F)(C(F)(F)F)c2ccc(cc2)COc2ccc3ccccc3c2-c2c(ccc3ccccc23)OCC(=O)NCCCCCN1. The molecule has 2 amide bonds. The summed E-state index contributed by atoms with van der Waals surface area (Å²) in [5.41, 5.74) is -3.39. The van der Waals surface area contributed by atoms with Crippen LogP contribution in [0.15, 0.2) is 194 Å². The molecule has 3 aliphatic heterocycles. The molecular weight excluding hydrogens is 1030 g/mol. The first kappa shape index (κ1) is 53.0. The van der Waals surface area contributed by atoms with E-state index in [4.69, 9.17) is 18.9 Å². The van der Waals surface area contributed by atoms with Crippen molar-refractivity contribution in [1.82, 2.24) is 10.6 Å². The molecule has 0 fully saturated rings. The van der Waals surface area contributed by atoms with Crippen LogP contribution in [0.3, 0.4) is 0 Å². The van der Waals surface area contributed by atoms with Gasteiger partial charge >= 0.3 is 12.4 Å². The Hall–Kier alpha value is -9.04. The molecule has 14 heteroatoms. The van der Waals surface area contributed by atoms with Crippen molar-refractivity contribution in [3.8, 4) is 45.3 Å². The lowest BCUT2D eigenvalue weighted by Crippen LogP contribution is -2.54. The second kappa shape index (κ2) is 22.4. The number of hydrogen-bond donors (Lipinski definition) is 2. The fourth-order valence-corrected chi connectivity index (χ4v) is 10.8. The molecule has 0 saturated heterocycles. The quantitative estimate of drug-likeness (QED) is 0.147. The van der Waals surface area contributed by atoms with E-state index in [1.807, 2.05) is 121 Å². The van der Waals surface area contributed by atoms with E-state index >= 15 is 26.3 Å². The number of hydrogen-bond acceptors (Lipinski definition) is 6. The highest BCUT2D eigenvalue weighted by atomic mass is 19.4. The van der Waals surface area contributed by atoms with Crippen LogP contribution in [0.25, 0.3) is 65.3 Å². The summed E-state index contributed by atoms with van der Waals surface area (Å²) in [6.07, 6.45) is -9.67. The molecule has 3 aliphatic rings. The van der Waals surface area contributed by atoms with Crippen LogP contribution >= 0.6 is 0 Å². The minimum Gasteiger partial charge on any atom is -0.488 e. The zero-order valence-corrected chi connectivity index (χ0v) is 43.1. The highest BCUT2D eigenvalue weighted by molar-refractivity contribution is 6.11. The number of carbonyl (C=O) groups excluding carboxylic acids is 2. The van der Waals surface area contributed by atoms with Crippen LogP contribution in [0.5, 0.6) is 23.0 Å². The maximum Gasteiger partial charge on any atom is 0.411 e. The van der Waals surface area contributed by atoms with Crippen molar-refractivity contribution in [3.05, 3.63) is 216 Å². The average Bonchev–Trinajstić information content (AvgIpc) is 3.64. The average molecular weight is 1080 g/mol. The molecule has 80 heavy (non-hydrogen) atoms. The Kier molecular flexibility index (Phi) is 14.8. The van der Waals surface area contributed by atoms with Crippen molar-refractivity contribution in [3.63, 3.8) is 0 Å². The molecular formula is C66H52F6N2O6. The molecule has 0 spiro atoms. The van der Waals surface area contributed by atoms with E-state index in [1.54, 1.807) is 24.3 Å². The van der Waals surface area contributed by atoms with E-state index in [9.17, 15) is 9.59 Å². The molecule has 0 aliphatic carbocycles. The van der Waals surface area contributed by atoms with E-state index in [0.29, 0.717) is 82.3 Å². The molecule has 0 aromatic heterocycles. The molecule has 404 valence electrons. The standard InChI is InChI=1S/C66H52F6N2O6/c67-65(68,69)64(66(70,71)72)48-28-20-42(21-29-48)38-77-54-32-24-44-12-2-6-16-50(44)60(54)62-52-18-8-4-14-46(52)26-34-56(62)79-40-58(75)73-36-10-1-11-37-74-59(76)41-80-57-35-27-47-15-5-9-19-53(47)63(57)61-51-17-7-3-13-45(51)25-33-55(61)78-39-43-22-30-49(64)31-23-43/h2-9,12-35H,1,10-11,36-41H2,(H,73,75)(H,74,76). The van der Waals surface area contributed by atoms with Crippen molar-refractivity contribution < 1.29 is 54.9 Å². The number of rotatable bonds is 0. The monoisotopic (exact) mass is 1080 g/mol. The lowest BCUT2D eigenvalue weighted by Gasteiger charge is -2.38. The topological polar surface area (TPSA) is 95.1 Å². The Morgan fingerprint density at radius 3 is 0.925 bits per heavy atom. The fourth-order valence-electron chi connectivity index (χ4n) is 10.8. The molecule has 3 heterocycles. The second-order valence-electron chi connectivity index (χ2n) is 19.7. The van der Waals surface area contributed by atoms with Gasteiger partial charge in [-0.25, -0.2) is 0 Å². The molecule has 0 saturated carbocycles. The summed E-state index contributed by atoms with van der Waals surface area (Å²) in [6.45, 7) is -0.343. The van der Waals surface area contributed by atoms with Gasteiger partial charge in [0.15, 0.2) is 13.2 Å². The summed E-state index contributed by atoms with van der Waals surface area (Å²) < 4.78 is 119. The highest BCUT2D eigenvalue weighted by Crippen LogP contribution is 2.56. The van der Waals surface area contributed by atoms with Gasteiger partial charge in [0, 0.05) is 35.3 Å². The Morgan fingerprint density at radius 1 is 0.338 bits per heavy atom. The lowest BCUT2D eigenvalue weighted by atomic mass is 9.72. The third kappa shape index (κ3) is 10.4. The van der Waals surface area contributed by atoms with Gasteiger partial charge < -0.3 is 29.6 Å². The fraction of sp³-hybridized carbons (Fsp3) is 0.182. The van der Waals surface area contributed by atoms with E-state index in [0.717, 1.165) is 73.8 Å². The number of fused-ring (bicyclic) bond motifs is 6. The number of benzene rings is 10. The van der Waals surface area contributed by atoms with Gasteiger partial charge in [-0.3, -0.25) is 9.59 Å². The van der Waals surface area contributed by atoms with E-state index < -0.39 is 28.9 Å². The largest absolute Gasteiger partial charge is 0.488 e. The summed E-state index contributed by atoms with van der Waals surface area (Å²) in [6, 6.07) is 53.3. The zero-order chi connectivity index (χ0) is 55.4. The second-order valence-corrected chi connectivity index (χ2v) is 19.7. The molecule has 4 bridgehead atoms. The predicted octanol–water partition coefficient (Wildman–Crippen LogP) is 15.4. The Balaban J connectivity index is 0.970. The molecule has 0 atom stereocenters. The van der Waals surface area contributed by atoms with Gasteiger partial charge in [0.25, 0.3) is 11.8 Å². The van der Waals surface area contributed by atoms with Crippen molar-refractivity contribution in [2.24, 2.45) is 0 Å². The maximum atomic E-state index is 15.6. The zero-order valence-electron chi connectivity index (χ0n) is 43.1. The smallest absolute Gasteiger partial charge is 0.411 e. The third-order valence-electron chi connectivity index (χ3n) is 14.7. The van der Waals surface area contributed by atoms with Gasteiger partial charge in [0.1, 0.15) is 36.2 Å². The van der Waals surface area contributed by atoms with E-state index in [2.05, 4.69) is 10.6 Å². The Labute approximate surface area is 456 Å². The van der Waals surface area contributed by atoms with Gasteiger partial charge in [-0.2, -0.15) is 26.3 Å². The van der Waals surface area contributed by atoms with Gasteiger partial charge in [0.2, 0.25) is 5.41 Å². The van der Waals surface area contributed by atoms with Crippen LogP contribution in [0.4, 0.5) is 26.3 Å². The molecule has 2 N–H and O–H groups in total. The number of nitrogens with one attached hydrogen (secondary N) is 2. The Morgan fingerprint density at radius 2 is 0.625 bits per heavy atom. The molecule has 0 radical (unpaired) electrons. The summed E-state index contributed by atoms with van der Waals surface area (Å²) >= 11 is 0. The van der Waals surface area contributed by atoms with Crippen LogP contribution in [0.2, 0.25) is 0 Å². The minimum atomic E-state index is -5.84. The summed E-state index contributed by atoms with van der Waals surface area (Å²) in [5.74, 6) is 0.783. The van der Waals surface area contributed by atoms with Crippen molar-refractivity contribution in [2.75, 3.05) is 26.3 Å². The van der Waals surface area contributed by atoms with Crippen molar-refractivity contribution >= 4 is 54.9 Å². The van der Waals surface area contributed by atoms with Crippen molar-refractivity contribution in [1.29, 1.82) is 0 Å². The van der Waals surface area contributed by atoms with Crippen LogP contribution in [-0.2, 0) is 28.2 Å². The number of carbonyl (C=O) groups is 2. The molecule has 10 aromatic rings. The van der Waals surface area contributed by atoms with Crippen LogP contribution < -0.4 is 29.6 Å². The Bertz CT molecular complexity index is 3660. The normalized spacial score (nSPS) is 15.2. The molecule has 0 unspecified atom stereocenters. The van der Waals surface area contributed by atoms with Gasteiger partial charge in [-0.05, 0) is 109 Å². The van der Waals surface area contributed by atoms with E-state index in [-0.39, 0.29) is 38.2 Å². The summed E-state index contributed by atoms with van der Waals surface area (Å²) in [4.78, 5) is 26.7. The van der Waals surface area contributed by atoms with Crippen molar-refractivity contribution in [2.45, 2.75) is 50.2 Å². The molecule has 13 rings (SSSR count). The third-order valence-corrected chi connectivity index (χ3v) is 14.7. The van der Waals surface area contributed by atoms with Gasteiger partial charge in [0.05, 0.1) is 0 Å². The molecule has 10 aromatic carbocycles. The lowest BCUT2D eigenvalue weighted by molar-refractivity contribution is -0.288. The van der Waals surface area contributed by atoms with Crippen LogP contribution in [-0.4, -0.2) is 50.5 Å². The molecule has 8 nitrogen and oxygen atoms in total. The maximum absolute atomic E-state index is 15.6. The number of alkyl halides is 6. The first-order valence-electron chi connectivity index (χ1n) is 26.2. The summed E-state index contributed by atoms with van der Waals surface area (Å²) in [5, 5.41) is 12.4. The first-order valence-corrected chi connectivity index (χ1v) is 26.2. The van der Waals surface area contributed by atoms with Crippen LogP contribution in [0.1, 0.15) is 41.5 Å². The minimum absolute atomic E-state index is 0.227. The number of halogens is 6. The highest BCUT2D eigenvalue weighted by Gasteiger charge is 2.72. The number of ether oxygens (including phenoxy) is 4. The van der Waals surface area contributed by atoms with E-state index in [1.165, 1.54) is 24.3 Å². The van der Waals surface area contributed by atoms with Crippen LogP contribution in [0, 0.1) is 0 Å². The van der Waals surface area contributed by atoms with Gasteiger partial charge in [-0.1, -0.05) is 170 Å².